The number of nitrogens with two attached hydrogens (primary N) is 2. The molecule has 2 atom stereocenters. The number of nitrogens with one attached hydrogen (secondary N) is 6. The first-order valence-corrected chi connectivity index (χ1v) is 26.9. The summed E-state index contributed by atoms with van der Waals surface area (Å²) in [5, 5.41) is 16.6. The van der Waals surface area contributed by atoms with Crippen molar-refractivity contribution in [3.63, 3.8) is 0 Å². The van der Waals surface area contributed by atoms with E-state index in [1.165, 1.54) is 12.2 Å². The molecule has 3 aromatic rings. The highest BCUT2D eigenvalue weighted by Gasteiger charge is 2.30. The van der Waals surface area contributed by atoms with Crippen molar-refractivity contribution >= 4 is 88.3 Å². The van der Waals surface area contributed by atoms with Gasteiger partial charge in [-0.15, -0.1) is 0 Å². The summed E-state index contributed by atoms with van der Waals surface area (Å²) in [6, 6.07) is 12.4. The molecule has 10 amide bonds. The molecule has 3 aliphatic heterocycles. The first kappa shape index (κ1) is 59.6. The molecule has 2 aromatic carbocycles. The van der Waals surface area contributed by atoms with Crippen molar-refractivity contribution in [3.8, 4) is 0 Å². The van der Waals surface area contributed by atoms with Gasteiger partial charge >= 0.3 is 12.1 Å². The molecule has 0 spiro atoms. The minimum Gasteiger partial charge on any atom is -0.445 e. The van der Waals surface area contributed by atoms with Crippen LogP contribution in [0.4, 0.5) is 32.5 Å². The summed E-state index contributed by atoms with van der Waals surface area (Å²) in [5.74, 6) is -2.08. The lowest BCUT2D eigenvalue weighted by Gasteiger charge is -2.33. The third-order valence-corrected chi connectivity index (χ3v) is 13.3. The number of alkyl carbamates (subject to hydrolysis) is 1. The predicted octanol–water partition coefficient (Wildman–Crippen LogP) is 4.76. The van der Waals surface area contributed by atoms with Crippen molar-refractivity contribution in [3.05, 3.63) is 95.2 Å². The number of imide groups is 1. The number of benzene rings is 2. The standard InChI is InChI=1S/C56H73N13O10/c1-5-25-68(26-6-2)54(76)39-30-37-14-15-38(31-44(37)64-45(57)32-39)51(73)62-42-18-19-46(60-33-42)67-28-22-41(23-29-67)63-56(78)79-34-36-12-16-40(17-13-36)61-52(74)43(10-9-24-59-55(58)77)65-53(75)50(35(3)4)66-47(70)11-7-8-27-69-48(71)20-21-49(69)72/h12-21,30-31,33,35,41,43,50H,5-11,22-29,32,34H2,1-4H3,(H2,57,64)(H,61,74)(H,62,73)(H,63,78)(H,65,75)(H,66,70)(H3,58,59,77)/t43-,50-/m1/s1. The van der Waals surface area contributed by atoms with Crippen LogP contribution in [-0.2, 0) is 40.1 Å². The Morgan fingerprint density at radius 3 is 2.18 bits per heavy atom. The Morgan fingerprint density at radius 1 is 0.835 bits per heavy atom. The Balaban J connectivity index is 0.925. The Hall–Kier alpha value is -8.63. The molecule has 3 aliphatic rings. The number of piperidine rings is 1. The van der Waals surface area contributed by atoms with Crippen LogP contribution in [0.3, 0.4) is 0 Å². The maximum atomic E-state index is 13.6. The predicted molar refractivity (Wildman–Crippen MR) is 299 cm³/mol. The third-order valence-electron chi connectivity index (χ3n) is 13.3. The molecule has 6 rings (SSSR count). The second kappa shape index (κ2) is 29.2. The molecular weight excluding hydrogens is 1010 g/mol. The number of fused-ring (bicyclic) bond motifs is 1. The number of hydrogen-bond acceptors (Lipinski definition) is 14. The van der Waals surface area contributed by atoms with Crippen molar-refractivity contribution in [2.45, 2.75) is 117 Å². The van der Waals surface area contributed by atoms with Crippen LogP contribution in [-0.4, -0.2) is 131 Å². The fourth-order valence-electron chi connectivity index (χ4n) is 9.14. The van der Waals surface area contributed by atoms with E-state index >= 15 is 0 Å². The van der Waals surface area contributed by atoms with Gasteiger partial charge in [-0.3, -0.25) is 38.5 Å². The quantitative estimate of drug-likeness (QED) is 0.0398. The molecule has 0 bridgehead atoms. The first-order chi connectivity index (χ1) is 37.9. The number of carbonyl (C=O) groups is 9. The normalized spacial score (nSPS) is 14.9. The van der Waals surface area contributed by atoms with E-state index in [9.17, 15) is 43.2 Å². The molecule has 23 heteroatoms. The maximum absolute atomic E-state index is 13.6. The molecule has 4 heterocycles. The molecule has 0 unspecified atom stereocenters. The van der Waals surface area contributed by atoms with Crippen molar-refractivity contribution < 1.29 is 47.9 Å². The zero-order chi connectivity index (χ0) is 57.0. The lowest BCUT2D eigenvalue weighted by atomic mass is 10.0. The van der Waals surface area contributed by atoms with E-state index in [4.69, 9.17) is 16.2 Å². The Kier molecular flexibility index (Phi) is 22.0. The number of aromatic nitrogens is 1. The van der Waals surface area contributed by atoms with Crippen LogP contribution in [0, 0.1) is 5.92 Å². The highest BCUT2D eigenvalue weighted by atomic mass is 16.5. The van der Waals surface area contributed by atoms with Gasteiger partial charge in [0.05, 0.1) is 17.6 Å². The summed E-state index contributed by atoms with van der Waals surface area (Å²) < 4.78 is 5.52. The molecule has 23 nitrogen and oxygen atoms in total. The maximum Gasteiger partial charge on any atom is 0.407 e. The van der Waals surface area contributed by atoms with Crippen molar-refractivity contribution in [1.82, 2.24) is 36.1 Å². The summed E-state index contributed by atoms with van der Waals surface area (Å²) in [5.41, 5.74) is 15.2. The number of amides is 10. The first-order valence-electron chi connectivity index (χ1n) is 26.9. The number of pyridine rings is 1. The number of primary amides is 1. The van der Waals surface area contributed by atoms with Crippen LogP contribution in [0.25, 0.3) is 6.08 Å². The fourth-order valence-corrected chi connectivity index (χ4v) is 9.14. The highest BCUT2D eigenvalue weighted by molar-refractivity contribution is 6.13. The zero-order valence-electron chi connectivity index (χ0n) is 45.3. The number of amidine groups is 1. The van der Waals surface area contributed by atoms with E-state index in [1.807, 2.05) is 30.9 Å². The van der Waals surface area contributed by atoms with E-state index in [0.717, 1.165) is 23.6 Å². The summed E-state index contributed by atoms with van der Waals surface area (Å²) in [6.45, 7) is 10.4. The third kappa shape index (κ3) is 18.0. The second-order valence-electron chi connectivity index (χ2n) is 19.9. The van der Waals surface area contributed by atoms with Gasteiger partial charge in [-0.05, 0) is 105 Å². The van der Waals surface area contributed by atoms with Gasteiger partial charge < -0.3 is 57.9 Å². The molecule has 422 valence electrons. The van der Waals surface area contributed by atoms with Gasteiger partial charge in [0.2, 0.25) is 23.6 Å². The Bertz CT molecular complexity index is 2770. The summed E-state index contributed by atoms with van der Waals surface area (Å²) >= 11 is 0. The lowest BCUT2D eigenvalue weighted by Crippen LogP contribution is -2.54. The minimum atomic E-state index is -1.06. The van der Waals surface area contributed by atoms with Gasteiger partial charge in [0.15, 0.2) is 0 Å². The van der Waals surface area contributed by atoms with Crippen molar-refractivity contribution in [2.24, 2.45) is 22.4 Å². The number of aliphatic imine (C=N–C) groups is 1. The number of unbranched alkanes of at least 4 members (excludes halogenated alkanes) is 1. The average molecular weight is 1090 g/mol. The van der Waals surface area contributed by atoms with E-state index in [-0.39, 0.29) is 62.7 Å². The van der Waals surface area contributed by atoms with Crippen LogP contribution in [0.1, 0.15) is 113 Å². The molecule has 1 aromatic heterocycles. The molecule has 10 N–H and O–H groups in total. The van der Waals surface area contributed by atoms with Crippen LogP contribution >= 0.6 is 0 Å². The van der Waals surface area contributed by atoms with Crippen molar-refractivity contribution in [2.75, 3.05) is 54.8 Å². The molecule has 79 heavy (non-hydrogen) atoms. The van der Waals surface area contributed by atoms with Gasteiger partial charge in [0.25, 0.3) is 17.7 Å². The summed E-state index contributed by atoms with van der Waals surface area (Å²) in [4.78, 5) is 129. The van der Waals surface area contributed by atoms with Crippen molar-refractivity contribution in [1.29, 1.82) is 0 Å². The topological polar surface area (TPSA) is 322 Å². The van der Waals surface area contributed by atoms with Crippen LogP contribution in [0.5, 0.6) is 0 Å². The molecular formula is C56H73N13O10. The zero-order valence-corrected chi connectivity index (χ0v) is 45.3. The van der Waals surface area contributed by atoms with E-state index in [2.05, 4.69) is 46.8 Å². The number of ether oxygens (including phenoxy) is 1. The van der Waals surface area contributed by atoms with Gasteiger partial charge in [0.1, 0.15) is 30.3 Å². The number of rotatable bonds is 26. The summed E-state index contributed by atoms with van der Waals surface area (Å²) in [7, 11) is 0. The monoisotopic (exact) mass is 1090 g/mol. The van der Waals surface area contributed by atoms with Gasteiger partial charge in [-0.1, -0.05) is 45.9 Å². The molecule has 0 radical (unpaired) electrons. The van der Waals surface area contributed by atoms with E-state index < -0.39 is 53.7 Å². The number of nitrogens with zero attached hydrogens (tertiary/aromatic N) is 5. The number of carbonyl (C=O) groups excluding carboxylic acids is 9. The largest absolute Gasteiger partial charge is 0.445 e. The fraction of sp³-hybridized carbons (Fsp3) is 0.446. The second-order valence-corrected chi connectivity index (χ2v) is 19.9. The Morgan fingerprint density at radius 2 is 1.53 bits per heavy atom. The van der Waals surface area contributed by atoms with Crippen LogP contribution in [0.2, 0.25) is 0 Å². The van der Waals surface area contributed by atoms with Crippen LogP contribution in [0.15, 0.2) is 83.5 Å². The Labute approximate surface area is 459 Å². The highest BCUT2D eigenvalue weighted by Crippen LogP contribution is 2.29. The number of anilines is 3. The number of urea groups is 1. The molecule has 1 saturated heterocycles. The SMILES string of the molecule is CCCN(CCC)C(=O)C1=Cc2ccc(C(=O)Nc3ccc(N4CCC(NC(=O)OCc5ccc(NC(=O)[C@@H](CCCNC(N)=O)NC(=O)[C@H](NC(=O)CCCCN6C(=O)C=CC6=O)C(C)C)cc5)CC4)nc3)cc2N=C(N)C1. The minimum absolute atomic E-state index is 0.0401. The smallest absolute Gasteiger partial charge is 0.407 e. The van der Waals surface area contributed by atoms with Crippen LogP contribution < -0.4 is 48.3 Å². The lowest BCUT2D eigenvalue weighted by molar-refractivity contribution is -0.137. The molecule has 0 aliphatic carbocycles. The van der Waals surface area contributed by atoms with Gasteiger partial charge in [-0.2, -0.15) is 0 Å². The molecule has 0 saturated carbocycles. The van der Waals surface area contributed by atoms with Gasteiger partial charge in [0, 0.05) is 92.7 Å². The van der Waals surface area contributed by atoms with E-state index in [1.54, 1.807) is 68.6 Å². The number of hydrogen-bond donors (Lipinski definition) is 8. The molecule has 1 fully saturated rings. The van der Waals surface area contributed by atoms with E-state index in [0.29, 0.717) is 103 Å². The average Bonchev–Trinajstić information content (AvgIpc) is 3.66. The van der Waals surface area contributed by atoms with Gasteiger partial charge in [-0.25, -0.2) is 19.6 Å². The summed E-state index contributed by atoms with van der Waals surface area (Å²) in [6.07, 6.45) is 9.63.